The molecule has 2 unspecified atom stereocenters. The van der Waals surface area contributed by atoms with Gasteiger partial charge in [0.1, 0.15) is 0 Å². The smallest absolute Gasteiger partial charge is 0.0537 e. The van der Waals surface area contributed by atoms with E-state index < -0.39 is 0 Å². The molecule has 108 valence electrons. The lowest BCUT2D eigenvalue weighted by Gasteiger charge is -2.32. The van der Waals surface area contributed by atoms with E-state index in [1.165, 1.54) is 31.5 Å². The summed E-state index contributed by atoms with van der Waals surface area (Å²) in [5.41, 5.74) is 1.27. The van der Waals surface area contributed by atoms with Crippen molar-refractivity contribution in [1.82, 2.24) is 20.0 Å². The molecule has 0 radical (unpaired) electrons. The second-order valence-corrected chi connectivity index (χ2v) is 6.13. The van der Waals surface area contributed by atoms with Crippen LogP contribution in [0, 0.1) is 5.92 Å². The molecule has 1 aliphatic heterocycles. The summed E-state index contributed by atoms with van der Waals surface area (Å²) in [6.45, 7) is 10.5. The Kier molecular flexibility index (Phi) is 4.99. The minimum Gasteiger partial charge on any atom is -0.309 e. The Morgan fingerprint density at radius 2 is 1.95 bits per heavy atom. The lowest BCUT2D eigenvalue weighted by Crippen LogP contribution is -2.44. The Balaban J connectivity index is 1.87. The van der Waals surface area contributed by atoms with Crippen molar-refractivity contribution in [3.63, 3.8) is 0 Å². The molecule has 19 heavy (non-hydrogen) atoms. The Labute approximate surface area is 117 Å². The van der Waals surface area contributed by atoms with Crippen molar-refractivity contribution in [3.8, 4) is 0 Å². The molecule has 2 heterocycles. The Morgan fingerprint density at radius 1 is 1.26 bits per heavy atom. The number of aryl methyl sites for hydroxylation is 1. The first-order valence-corrected chi connectivity index (χ1v) is 7.54. The molecule has 2 atom stereocenters. The second-order valence-electron chi connectivity index (χ2n) is 6.13. The van der Waals surface area contributed by atoms with Gasteiger partial charge in [0.05, 0.1) is 6.20 Å². The van der Waals surface area contributed by atoms with Crippen molar-refractivity contribution in [2.24, 2.45) is 13.0 Å². The van der Waals surface area contributed by atoms with Crippen LogP contribution in [0.5, 0.6) is 0 Å². The van der Waals surface area contributed by atoms with Gasteiger partial charge in [-0.15, -0.1) is 0 Å². The largest absolute Gasteiger partial charge is 0.309 e. The van der Waals surface area contributed by atoms with Gasteiger partial charge in [0, 0.05) is 37.4 Å². The van der Waals surface area contributed by atoms with Gasteiger partial charge in [0.25, 0.3) is 0 Å². The molecule has 2 rings (SSSR count). The summed E-state index contributed by atoms with van der Waals surface area (Å²) >= 11 is 0. The molecule has 1 saturated heterocycles. The van der Waals surface area contributed by atoms with Crippen LogP contribution in [0.2, 0.25) is 0 Å². The van der Waals surface area contributed by atoms with Crippen LogP contribution in [0.4, 0.5) is 0 Å². The third-order valence-electron chi connectivity index (χ3n) is 4.24. The minimum atomic E-state index is 0.373. The summed E-state index contributed by atoms with van der Waals surface area (Å²) in [6.07, 6.45) is 6.78. The highest BCUT2D eigenvalue weighted by Crippen LogP contribution is 2.18. The van der Waals surface area contributed by atoms with Gasteiger partial charge < -0.3 is 5.32 Å². The number of hydrogen-bond acceptors (Lipinski definition) is 3. The van der Waals surface area contributed by atoms with E-state index in [-0.39, 0.29) is 0 Å². The molecule has 0 spiro atoms. The molecule has 0 saturated carbocycles. The monoisotopic (exact) mass is 264 g/mol. The summed E-state index contributed by atoms with van der Waals surface area (Å²) in [5, 5.41) is 7.92. The molecule has 0 aliphatic carbocycles. The van der Waals surface area contributed by atoms with Gasteiger partial charge in [-0.1, -0.05) is 13.8 Å². The molecule has 0 aromatic carbocycles. The van der Waals surface area contributed by atoms with Crippen LogP contribution < -0.4 is 5.32 Å². The van der Waals surface area contributed by atoms with E-state index in [0.717, 1.165) is 6.54 Å². The number of hydrogen-bond donors (Lipinski definition) is 1. The molecule has 1 N–H and O–H groups in total. The van der Waals surface area contributed by atoms with E-state index in [4.69, 9.17) is 0 Å². The average Bonchev–Trinajstić information content (AvgIpc) is 3.00. The SMILES string of the molecule is CC(NCC(C(C)C)N1CCCC1)c1cnn(C)c1. The van der Waals surface area contributed by atoms with E-state index in [1.54, 1.807) is 0 Å². The van der Waals surface area contributed by atoms with E-state index in [2.05, 4.69) is 42.3 Å². The van der Waals surface area contributed by atoms with Gasteiger partial charge in [-0.3, -0.25) is 9.58 Å². The van der Waals surface area contributed by atoms with Crippen LogP contribution in [0.15, 0.2) is 12.4 Å². The Hall–Kier alpha value is -0.870. The topological polar surface area (TPSA) is 33.1 Å². The van der Waals surface area contributed by atoms with Crippen LogP contribution in [0.25, 0.3) is 0 Å². The fraction of sp³-hybridized carbons (Fsp3) is 0.800. The third-order valence-corrected chi connectivity index (χ3v) is 4.24. The quantitative estimate of drug-likeness (QED) is 0.855. The van der Waals surface area contributed by atoms with Crippen molar-refractivity contribution >= 4 is 0 Å². The molecule has 0 bridgehead atoms. The molecule has 4 nitrogen and oxygen atoms in total. The average molecular weight is 264 g/mol. The molecule has 1 aromatic heterocycles. The van der Waals surface area contributed by atoms with Gasteiger partial charge in [-0.2, -0.15) is 5.10 Å². The maximum atomic E-state index is 4.24. The van der Waals surface area contributed by atoms with Crippen molar-refractivity contribution in [1.29, 1.82) is 0 Å². The second kappa shape index (κ2) is 6.53. The molecule has 1 fully saturated rings. The normalized spacial score (nSPS) is 20.1. The summed E-state index contributed by atoms with van der Waals surface area (Å²) in [5.74, 6) is 0.701. The lowest BCUT2D eigenvalue weighted by atomic mass is 10.0. The number of aromatic nitrogens is 2. The highest BCUT2D eigenvalue weighted by molar-refractivity contribution is 5.09. The number of nitrogens with one attached hydrogen (secondary N) is 1. The first kappa shape index (κ1) is 14.5. The molecular formula is C15H28N4. The molecular weight excluding hydrogens is 236 g/mol. The van der Waals surface area contributed by atoms with E-state index in [0.29, 0.717) is 18.0 Å². The standard InChI is InChI=1S/C15H28N4/c1-12(2)15(19-7-5-6-8-19)10-16-13(3)14-9-17-18(4)11-14/h9,11-13,15-16H,5-8,10H2,1-4H3. The Morgan fingerprint density at radius 3 is 2.47 bits per heavy atom. The predicted octanol–water partition coefficient (Wildman–Crippen LogP) is 2.19. The lowest BCUT2D eigenvalue weighted by molar-refractivity contribution is 0.183. The zero-order chi connectivity index (χ0) is 13.8. The molecule has 0 amide bonds. The fourth-order valence-electron chi connectivity index (χ4n) is 2.94. The Bertz CT molecular complexity index is 379. The van der Waals surface area contributed by atoms with Crippen molar-refractivity contribution in [2.45, 2.75) is 45.7 Å². The van der Waals surface area contributed by atoms with E-state index in [9.17, 15) is 0 Å². The van der Waals surface area contributed by atoms with Gasteiger partial charge in [-0.05, 0) is 38.8 Å². The van der Waals surface area contributed by atoms with Gasteiger partial charge >= 0.3 is 0 Å². The highest BCUT2D eigenvalue weighted by Gasteiger charge is 2.24. The van der Waals surface area contributed by atoms with Gasteiger partial charge in [0.2, 0.25) is 0 Å². The summed E-state index contributed by atoms with van der Waals surface area (Å²) < 4.78 is 1.87. The number of nitrogens with zero attached hydrogens (tertiary/aromatic N) is 3. The summed E-state index contributed by atoms with van der Waals surface area (Å²) in [7, 11) is 1.97. The minimum absolute atomic E-state index is 0.373. The maximum Gasteiger partial charge on any atom is 0.0537 e. The summed E-state index contributed by atoms with van der Waals surface area (Å²) in [6, 6.07) is 1.03. The third kappa shape index (κ3) is 3.80. The summed E-state index contributed by atoms with van der Waals surface area (Å²) in [4.78, 5) is 2.65. The van der Waals surface area contributed by atoms with Crippen LogP contribution in [-0.4, -0.2) is 40.4 Å². The number of rotatable bonds is 6. The van der Waals surface area contributed by atoms with E-state index >= 15 is 0 Å². The van der Waals surface area contributed by atoms with Crippen LogP contribution in [0.3, 0.4) is 0 Å². The first-order valence-electron chi connectivity index (χ1n) is 7.54. The zero-order valence-corrected chi connectivity index (χ0v) is 12.8. The van der Waals surface area contributed by atoms with Crippen molar-refractivity contribution < 1.29 is 0 Å². The van der Waals surface area contributed by atoms with Crippen molar-refractivity contribution in [2.75, 3.05) is 19.6 Å². The predicted molar refractivity (Wildman–Crippen MR) is 79.1 cm³/mol. The maximum absolute atomic E-state index is 4.24. The van der Waals surface area contributed by atoms with Crippen molar-refractivity contribution in [3.05, 3.63) is 18.0 Å². The molecule has 4 heteroatoms. The van der Waals surface area contributed by atoms with Crippen LogP contribution in [-0.2, 0) is 7.05 Å². The fourth-order valence-corrected chi connectivity index (χ4v) is 2.94. The van der Waals surface area contributed by atoms with Crippen LogP contribution in [0.1, 0.15) is 45.2 Å². The molecule has 1 aromatic rings. The van der Waals surface area contributed by atoms with E-state index in [1.807, 2.05) is 17.9 Å². The zero-order valence-electron chi connectivity index (χ0n) is 12.8. The highest BCUT2D eigenvalue weighted by atomic mass is 15.2. The van der Waals surface area contributed by atoms with Gasteiger partial charge in [0.15, 0.2) is 0 Å². The first-order chi connectivity index (χ1) is 9.08. The number of likely N-dealkylation sites (tertiary alicyclic amines) is 1. The van der Waals surface area contributed by atoms with Gasteiger partial charge in [-0.25, -0.2) is 0 Å². The van der Waals surface area contributed by atoms with Crippen LogP contribution >= 0.6 is 0 Å². The molecule has 1 aliphatic rings.